The van der Waals surface area contributed by atoms with Crippen LogP contribution in [0.2, 0.25) is 0 Å². The van der Waals surface area contributed by atoms with Gasteiger partial charge in [0, 0.05) is 34.5 Å². The summed E-state index contributed by atoms with van der Waals surface area (Å²) in [5.41, 5.74) is 3.44. The number of halogens is 2. The summed E-state index contributed by atoms with van der Waals surface area (Å²) in [6.45, 7) is -0.699. The van der Waals surface area contributed by atoms with Crippen LogP contribution in [0.5, 0.6) is 0 Å². The Morgan fingerprint density at radius 2 is 1.86 bits per heavy atom. The molecule has 0 saturated heterocycles. The van der Waals surface area contributed by atoms with E-state index in [1.165, 1.54) is 6.07 Å². The van der Waals surface area contributed by atoms with Gasteiger partial charge in [-0.05, 0) is 30.3 Å². The van der Waals surface area contributed by atoms with Crippen molar-refractivity contribution in [3.05, 3.63) is 78.1 Å². The Morgan fingerprint density at radius 1 is 1.00 bits per heavy atom. The first-order valence-electron chi connectivity index (χ1n) is 8.66. The van der Waals surface area contributed by atoms with E-state index in [1.54, 1.807) is 22.7 Å². The first kappa shape index (κ1) is 16.6. The van der Waals surface area contributed by atoms with E-state index >= 15 is 0 Å². The van der Waals surface area contributed by atoms with Crippen molar-refractivity contribution in [3.8, 4) is 22.5 Å². The van der Waals surface area contributed by atoms with Gasteiger partial charge in [0.05, 0.1) is 12.1 Å². The maximum absolute atomic E-state index is 14.6. The molecule has 138 valence electrons. The SMILES string of the molecule is OCc1c(F)ccc(-c2ccc3nc(-c4n[nH]c5ccccc45)cn3c2)c1F. The summed E-state index contributed by atoms with van der Waals surface area (Å²) in [7, 11) is 0. The summed E-state index contributed by atoms with van der Waals surface area (Å²) in [5.74, 6) is -1.53. The molecule has 0 aliphatic rings. The first-order chi connectivity index (χ1) is 13.7. The number of hydrogen-bond donors (Lipinski definition) is 2. The molecule has 7 heteroatoms. The Bertz CT molecular complexity index is 1340. The molecule has 0 saturated carbocycles. The molecule has 3 aromatic heterocycles. The molecule has 0 radical (unpaired) electrons. The number of aromatic amines is 1. The predicted molar refractivity (Wildman–Crippen MR) is 102 cm³/mol. The predicted octanol–water partition coefficient (Wildman–Crippen LogP) is 4.32. The number of benzene rings is 2. The van der Waals surface area contributed by atoms with Crippen molar-refractivity contribution in [1.29, 1.82) is 0 Å². The number of fused-ring (bicyclic) bond motifs is 2. The number of aromatic nitrogens is 4. The zero-order chi connectivity index (χ0) is 19.3. The summed E-state index contributed by atoms with van der Waals surface area (Å²) in [6.07, 6.45) is 3.54. The van der Waals surface area contributed by atoms with Crippen LogP contribution in [0.25, 0.3) is 39.1 Å². The highest BCUT2D eigenvalue weighted by Crippen LogP contribution is 2.29. The Hall–Kier alpha value is -3.58. The Kier molecular flexibility index (Phi) is 3.70. The van der Waals surface area contributed by atoms with Gasteiger partial charge in [-0.25, -0.2) is 13.8 Å². The number of aliphatic hydroxyl groups excluding tert-OH is 1. The van der Waals surface area contributed by atoms with Gasteiger partial charge in [0.15, 0.2) is 0 Å². The van der Waals surface area contributed by atoms with Gasteiger partial charge in [-0.2, -0.15) is 5.10 Å². The molecule has 0 spiro atoms. The number of hydrogen-bond acceptors (Lipinski definition) is 3. The van der Waals surface area contributed by atoms with Crippen molar-refractivity contribution in [2.45, 2.75) is 6.61 Å². The summed E-state index contributed by atoms with van der Waals surface area (Å²) in [5, 5.41) is 17.5. The van der Waals surface area contributed by atoms with E-state index in [4.69, 9.17) is 0 Å². The van der Waals surface area contributed by atoms with E-state index < -0.39 is 18.2 Å². The summed E-state index contributed by atoms with van der Waals surface area (Å²) >= 11 is 0. The summed E-state index contributed by atoms with van der Waals surface area (Å²) in [4.78, 5) is 4.60. The van der Waals surface area contributed by atoms with Gasteiger partial charge in [0.2, 0.25) is 0 Å². The van der Waals surface area contributed by atoms with E-state index in [1.807, 2.05) is 30.5 Å². The van der Waals surface area contributed by atoms with Crippen molar-refractivity contribution in [2.75, 3.05) is 0 Å². The molecule has 0 aliphatic heterocycles. The average Bonchev–Trinajstić information content (AvgIpc) is 3.31. The highest BCUT2D eigenvalue weighted by molar-refractivity contribution is 5.92. The smallest absolute Gasteiger partial charge is 0.139 e. The van der Waals surface area contributed by atoms with Gasteiger partial charge in [-0.3, -0.25) is 5.10 Å². The lowest BCUT2D eigenvalue weighted by Crippen LogP contribution is -1.98. The fraction of sp³-hybridized carbons (Fsp3) is 0.0476. The summed E-state index contributed by atoms with van der Waals surface area (Å²) in [6, 6.07) is 13.8. The Labute approximate surface area is 157 Å². The minimum absolute atomic E-state index is 0.216. The quantitative estimate of drug-likeness (QED) is 0.493. The third kappa shape index (κ3) is 2.48. The van der Waals surface area contributed by atoms with Gasteiger partial charge in [-0.15, -0.1) is 0 Å². The van der Waals surface area contributed by atoms with E-state index in [-0.39, 0.29) is 11.1 Å². The van der Waals surface area contributed by atoms with Gasteiger partial charge < -0.3 is 9.51 Å². The average molecular weight is 376 g/mol. The standard InChI is InChI=1S/C21H14F2N4O/c22-16-7-6-13(20(23)15(16)11-28)12-5-8-19-24-18(10-27(19)9-12)21-14-3-1-2-4-17(14)25-26-21/h1-10,28H,11H2,(H,25,26). The number of para-hydroxylation sites is 1. The molecule has 0 atom stereocenters. The normalized spacial score (nSPS) is 11.5. The number of rotatable bonds is 3. The number of H-pyrrole nitrogens is 1. The zero-order valence-electron chi connectivity index (χ0n) is 14.5. The fourth-order valence-electron chi connectivity index (χ4n) is 3.39. The van der Waals surface area contributed by atoms with Gasteiger partial charge >= 0.3 is 0 Å². The molecule has 3 heterocycles. The Balaban J connectivity index is 1.64. The van der Waals surface area contributed by atoms with Crippen molar-refractivity contribution >= 4 is 16.6 Å². The van der Waals surface area contributed by atoms with Crippen LogP contribution in [0.15, 0.2) is 60.9 Å². The largest absolute Gasteiger partial charge is 0.391 e. The zero-order valence-corrected chi connectivity index (χ0v) is 14.5. The Morgan fingerprint density at radius 3 is 2.71 bits per heavy atom. The van der Waals surface area contributed by atoms with Crippen molar-refractivity contribution in [3.63, 3.8) is 0 Å². The van der Waals surface area contributed by atoms with Crippen LogP contribution < -0.4 is 0 Å². The van der Waals surface area contributed by atoms with E-state index in [0.717, 1.165) is 22.7 Å². The monoisotopic (exact) mass is 376 g/mol. The van der Waals surface area contributed by atoms with Crippen LogP contribution in [-0.2, 0) is 6.61 Å². The summed E-state index contributed by atoms with van der Waals surface area (Å²) < 4.78 is 30.0. The van der Waals surface area contributed by atoms with Crippen LogP contribution in [0, 0.1) is 11.6 Å². The minimum atomic E-state index is -0.764. The number of nitrogens with one attached hydrogen (secondary N) is 1. The molecular formula is C21H14F2N4O. The molecule has 28 heavy (non-hydrogen) atoms. The van der Waals surface area contributed by atoms with Crippen molar-refractivity contribution < 1.29 is 13.9 Å². The minimum Gasteiger partial charge on any atom is -0.391 e. The second kappa shape index (κ2) is 6.24. The number of aliphatic hydroxyl groups is 1. The van der Waals surface area contributed by atoms with Crippen LogP contribution in [0.1, 0.15) is 5.56 Å². The van der Waals surface area contributed by atoms with Gasteiger partial charge in [0.25, 0.3) is 0 Å². The van der Waals surface area contributed by atoms with Crippen LogP contribution in [0.4, 0.5) is 8.78 Å². The van der Waals surface area contributed by atoms with E-state index in [9.17, 15) is 13.9 Å². The van der Waals surface area contributed by atoms with Crippen LogP contribution in [-0.4, -0.2) is 24.7 Å². The maximum Gasteiger partial charge on any atom is 0.139 e. The lowest BCUT2D eigenvalue weighted by Gasteiger charge is -2.08. The van der Waals surface area contributed by atoms with E-state index in [2.05, 4.69) is 15.2 Å². The lowest BCUT2D eigenvalue weighted by molar-refractivity contribution is 0.269. The van der Waals surface area contributed by atoms with Crippen LogP contribution in [0.3, 0.4) is 0 Å². The molecular weight excluding hydrogens is 362 g/mol. The third-order valence-electron chi connectivity index (χ3n) is 4.82. The lowest BCUT2D eigenvalue weighted by atomic mass is 10.0. The van der Waals surface area contributed by atoms with Crippen molar-refractivity contribution in [1.82, 2.24) is 19.6 Å². The molecule has 0 unspecified atom stereocenters. The molecule has 2 N–H and O–H groups in total. The molecule has 5 nitrogen and oxygen atoms in total. The molecule has 5 rings (SSSR count). The third-order valence-corrected chi connectivity index (χ3v) is 4.82. The number of pyridine rings is 1. The number of imidazole rings is 1. The molecule has 0 amide bonds. The maximum atomic E-state index is 14.6. The molecule has 2 aromatic carbocycles. The molecule has 0 fully saturated rings. The highest BCUT2D eigenvalue weighted by Gasteiger charge is 2.16. The second-order valence-corrected chi connectivity index (χ2v) is 6.47. The topological polar surface area (TPSA) is 66.2 Å². The van der Waals surface area contributed by atoms with Crippen LogP contribution >= 0.6 is 0 Å². The molecule has 5 aromatic rings. The van der Waals surface area contributed by atoms with Gasteiger partial charge in [-0.1, -0.05) is 18.2 Å². The molecule has 0 bridgehead atoms. The molecule has 0 aliphatic carbocycles. The fourth-order valence-corrected chi connectivity index (χ4v) is 3.39. The highest BCUT2D eigenvalue weighted by atomic mass is 19.1. The van der Waals surface area contributed by atoms with Gasteiger partial charge in [0.1, 0.15) is 28.7 Å². The van der Waals surface area contributed by atoms with E-state index in [0.29, 0.717) is 16.9 Å². The second-order valence-electron chi connectivity index (χ2n) is 6.47. The first-order valence-corrected chi connectivity index (χ1v) is 8.66. The van der Waals surface area contributed by atoms with Crippen molar-refractivity contribution in [2.24, 2.45) is 0 Å². The number of nitrogens with zero attached hydrogens (tertiary/aromatic N) is 3.